The van der Waals surface area contributed by atoms with Gasteiger partial charge >= 0.3 is 5.79 Å². The Kier molecular flexibility index (Phi) is 2.88. The predicted molar refractivity (Wildman–Crippen MR) is 63.3 cm³/mol. The summed E-state index contributed by atoms with van der Waals surface area (Å²) in [5.41, 5.74) is 0.602. The highest BCUT2D eigenvalue weighted by atomic mass is 16.7. The first kappa shape index (κ1) is 11.7. The van der Waals surface area contributed by atoms with Crippen molar-refractivity contribution in [1.82, 2.24) is 19.7 Å². The Morgan fingerprint density at radius 2 is 2.32 bits per heavy atom. The third-order valence-electron chi connectivity index (χ3n) is 2.72. The van der Waals surface area contributed by atoms with Crippen LogP contribution in [0.3, 0.4) is 0 Å². The zero-order valence-electron chi connectivity index (χ0n) is 10.0. The highest BCUT2D eigenvalue weighted by Gasteiger charge is 2.43. The van der Waals surface area contributed by atoms with Crippen molar-refractivity contribution in [3.63, 3.8) is 0 Å². The lowest BCUT2D eigenvalue weighted by atomic mass is 10.1. The van der Waals surface area contributed by atoms with Crippen molar-refractivity contribution in [2.24, 2.45) is 0 Å². The van der Waals surface area contributed by atoms with Crippen molar-refractivity contribution >= 4 is 0 Å². The number of rotatable bonds is 4. The minimum Gasteiger partial charge on any atom is -0.450 e. The van der Waals surface area contributed by atoms with Crippen molar-refractivity contribution in [3.8, 4) is 0 Å². The monoisotopic (exact) mass is 260 g/mol. The summed E-state index contributed by atoms with van der Waals surface area (Å²) in [7, 11) is 0. The molecule has 98 valence electrons. The van der Waals surface area contributed by atoms with E-state index in [1.54, 1.807) is 23.3 Å². The lowest BCUT2D eigenvalue weighted by Crippen LogP contribution is -2.34. The molecule has 1 aliphatic rings. The fourth-order valence-electron chi connectivity index (χ4n) is 1.87. The summed E-state index contributed by atoms with van der Waals surface area (Å²) in [5, 5.41) is 13.2. The van der Waals surface area contributed by atoms with Crippen LogP contribution in [0.4, 0.5) is 0 Å². The molecule has 7 nitrogen and oxygen atoms in total. The molecule has 3 rings (SSSR count). The van der Waals surface area contributed by atoms with Crippen LogP contribution in [0, 0.1) is 0 Å². The van der Waals surface area contributed by atoms with Gasteiger partial charge < -0.3 is 14.6 Å². The number of hydrogen-bond acceptors (Lipinski definition) is 6. The molecule has 0 saturated carbocycles. The fourth-order valence-corrected chi connectivity index (χ4v) is 1.87. The van der Waals surface area contributed by atoms with Gasteiger partial charge in [-0.2, -0.15) is 5.10 Å². The van der Waals surface area contributed by atoms with Gasteiger partial charge in [0, 0.05) is 6.20 Å². The SMILES string of the molecule is OCC1=COC(Cn2cncn2)(c2ccccn2)O1. The summed E-state index contributed by atoms with van der Waals surface area (Å²) >= 11 is 0. The smallest absolute Gasteiger partial charge is 0.314 e. The highest BCUT2D eigenvalue weighted by molar-refractivity contribution is 5.14. The molecule has 0 bridgehead atoms. The Morgan fingerprint density at radius 1 is 1.37 bits per heavy atom. The topological polar surface area (TPSA) is 82.3 Å². The lowest BCUT2D eigenvalue weighted by Gasteiger charge is -2.27. The standard InChI is InChI=1S/C12H12N4O3/c17-5-10-6-18-12(19-10,7-16-9-13-8-15-16)11-3-1-2-4-14-11/h1-4,6,8-9,17H,5,7H2. The molecule has 0 fully saturated rings. The molecule has 3 heterocycles. The largest absolute Gasteiger partial charge is 0.450 e. The van der Waals surface area contributed by atoms with E-state index in [1.165, 1.54) is 12.6 Å². The van der Waals surface area contributed by atoms with Gasteiger partial charge in [-0.05, 0) is 12.1 Å². The van der Waals surface area contributed by atoms with Crippen LogP contribution in [0.5, 0.6) is 0 Å². The fraction of sp³-hybridized carbons (Fsp3) is 0.250. The van der Waals surface area contributed by atoms with E-state index in [2.05, 4.69) is 15.1 Å². The van der Waals surface area contributed by atoms with Gasteiger partial charge in [-0.3, -0.25) is 4.98 Å². The van der Waals surface area contributed by atoms with Crippen LogP contribution in [0.1, 0.15) is 5.69 Å². The third-order valence-corrected chi connectivity index (χ3v) is 2.72. The van der Waals surface area contributed by atoms with Gasteiger partial charge in [0.2, 0.25) is 0 Å². The minimum atomic E-state index is -1.12. The van der Waals surface area contributed by atoms with Gasteiger partial charge in [0.25, 0.3) is 0 Å². The molecule has 1 N–H and O–H groups in total. The second-order valence-electron chi connectivity index (χ2n) is 4.02. The number of ether oxygens (including phenoxy) is 2. The van der Waals surface area contributed by atoms with Gasteiger partial charge in [-0.15, -0.1) is 0 Å². The van der Waals surface area contributed by atoms with Crippen LogP contribution in [-0.2, 0) is 21.8 Å². The van der Waals surface area contributed by atoms with Crippen molar-refractivity contribution in [1.29, 1.82) is 0 Å². The van der Waals surface area contributed by atoms with E-state index in [9.17, 15) is 0 Å². The van der Waals surface area contributed by atoms with Crippen LogP contribution < -0.4 is 0 Å². The molecule has 0 aliphatic carbocycles. The maximum Gasteiger partial charge on any atom is 0.314 e. The van der Waals surface area contributed by atoms with E-state index in [0.717, 1.165) is 0 Å². The Balaban J connectivity index is 1.93. The van der Waals surface area contributed by atoms with Gasteiger partial charge in [0.15, 0.2) is 5.76 Å². The van der Waals surface area contributed by atoms with E-state index >= 15 is 0 Å². The molecule has 0 aromatic carbocycles. The lowest BCUT2D eigenvalue weighted by molar-refractivity contribution is -0.174. The second-order valence-corrected chi connectivity index (χ2v) is 4.02. The molecule has 0 amide bonds. The summed E-state index contributed by atoms with van der Waals surface area (Å²) in [5.74, 6) is -0.765. The average Bonchev–Trinajstić information content (AvgIpc) is 3.10. The molecule has 0 radical (unpaired) electrons. The first-order valence-corrected chi connectivity index (χ1v) is 5.73. The van der Waals surface area contributed by atoms with E-state index in [1.807, 2.05) is 12.1 Å². The molecule has 2 aromatic rings. The third kappa shape index (κ3) is 2.15. The molecule has 0 saturated heterocycles. The zero-order chi connectivity index (χ0) is 13.1. The van der Waals surface area contributed by atoms with Gasteiger partial charge in [0.1, 0.15) is 37.8 Å². The predicted octanol–water partition coefficient (Wildman–Crippen LogP) is 0.407. The molecule has 1 atom stereocenters. The number of nitrogens with zero attached hydrogens (tertiary/aromatic N) is 4. The summed E-state index contributed by atoms with van der Waals surface area (Å²) in [4.78, 5) is 8.14. The number of pyridine rings is 1. The average molecular weight is 260 g/mol. The van der Waals surface area contributed by atoms with Crippen LogP contribution in [0.25, 0.3) is 0 Å². The minimum absolute atomic E-state index is 0.230. The Labute approximate surface area is 109 Å². The molecule has 0 spiro atoms. The quantitative estimate of drug-likeness (QED) is 0.857. The maximum atomic E-state index is 9.14. The number of aliphatic hydroxyl groups is 1. The Hall–Kier alpha value is -2.41. The summed E-state index contributed by atoms with van der Waals surface area (Å²) < 4.78 is 12.9. The van der Waals surface area contributed by atoms with Crippen molar-refractivity contribution in [3.05, 3.63) is 54.8 Å². The van der Waals surface area contributed by atoms with Crippen molar-refractivity contribution in [2.45, 2.75) is 12.3 Å². The highest BCUT2D eigenvalue weighted by Crippen LogP contribution is 2.35. The van der Waals surface area contributed by atoms with Gasteiger partial charge in [0.05, 0.1) is 0 Å². The van der Waals surface area contributed by atoms with Crippen LogP contribution in [-0.4, -0.2) is 31.5 Å². The number of aromatic nitrogens is 4. The Bertz CT molecular complexity index is 570. The number of aliphatic hydroxyl groups excluding tert-OH is 1. The first-order valence-electron chi connectivity index (χ1n) is 5.73. The summed E-state index contributed by atoms with van der Waals surface area (Å²) in [6.07, 6.45) is 6.05. The van der Waals surface area contributed by atoms with E-state index in [0.29, 0.717) is 11.5 Å². The van der Waals surface area contributed by atoms with Crippen molar-refractivity contribution in [2.75, 3.05) is 6.61 Å². The number of hydrogen-bond donors (Lipinski definition) is 1. The van der Waals surface area contributed by atoms with Crippen LogP contribution in [0.2, 0.25) is 0 Å². The molecule has 2 aromatic heterocycles. The molecular formula is C12H12N4O3. The van der Waals surface area contributed by atoms with Crippen molar-refractivity contribution < 1.29 is 14.6 Å². The molecule has 7 heteroatoms. The van der Waals surface area contributed by atoms with E-state index in [-0.39, 0.29) is 13.2 Å². The Morgan fingerprint density at radius 3 is 2.95 bits per heavy atom. The molecule has 1 aliphatic heterocycles. The molecule has 19 heavy (non-hydrogen) atoms. The van der Waals surface area contributed by atoms with E-state index in [4.69, 9.17) is 14.6 Å². The van der Waals surface area contributed by atoms with Gasteiger partial charge in [-0.25, -0.2) is 9.67 Å². The second kappa shape index (κ2) is 4.69. The summed E-state index contributed by atoms with van der Waals surface area (Å²) in [6, 6.07) is 5.45. The van der Waals surface area contributed by atoms with Crippen LogP contribution >= 0.6 is 0 Å². The summed E-state index contributed by atoms with van der Waals surface area (Å²) in [6.45, 7) is 0.0515. The van der Waals surface area contributed by atoms with E-state index < -0.39 is 5.79 Å². The normalized spacial score (nSPS) is 21.6. The van der Waals surface area contributed by atoms with Gasteiger partial charge in [-0.1, -0.05) is 6.07 Å². The molecule has 1 unspecified atom stereocenters. The zero-order valence-corrected chi connectivity index (χ0v) is 10.0. The maximum absolute atomic E-state index is 9.14. The molecular weight excluding hydrogens is 248 g/mol. The van der Waals surface area contributed by atoms with Crippen LogP contribution in [0.15, 0.2) is 49.1 Å². The first-order chi connectivity index (χ1) is 9.32.